The van der Waals surface area contributed by atoms with Gasteiger partial charge in [0.25, 0.3) is 0 Å². The Bertz CT molecular complexity index is 1770. The highest BCUT2D eigenvalue weighted by Gasteiger charge is 2.50. The van der Waals surface area contributed by atoms with Crippen LogP contribution in [0.3, 0.4) is 0 Å². The molecule has 12 nitrogen and oxygen atoms in total. The van der Waals surface area contributed by atoms with Gasteiger partial charge in [-0.15, -0.1) is 0 Å². The van der Waals surface area contributed by atoms with Gasteiger partial charge in [-0.1, -0.05) is 219 Å². The van der Waals surface area contributed by atoms with Crippen LogP contribution in [0, 0.1) is 0 Å². The van der Waals surface area contributed by atoms with Crippen molar-refractivity contribution >= 4 is 23.9 Å². The summed E-state index contributed by atoms with van der Waals surface area (Å²) in [4.78, 5) is 51.0. The zero-order valence-corrected chi connectivity index (χ0v) is 46.2. The fourth-order valence-electron chi connectivity index (χ4n) is 7.77. The second-order valence-corrected chi connectivity index (χ2v) is 18.8. The number of aliphatic hydroxyl groups is 2. The predicted octanol–water partition coefficient (Wildman–Crippen LogP) is 14.4. The van der Waals surface area contributed by atoms with Crippen molar-refractivity contribution in [3.05, 3.63) is 122 Å². The third-order valence-corrected chi connectivity index (χ3v) is 12.1. The Hall–Kier alpha value is -4.88. The van der Waals surface area contributed by atoms with Gasteiger partial charge < -0.3 is 39.0 Å². The summed E-state index contributed by atoms with van der Waals surface area (Å²) in [6.07, 6.45) is 56.4. The zero-order chi connectivity index (χ0) is 54.7. The summed E-state index contributed by atoms with van der Waals surface area (Å²) < 4.78 is 28.2. The first kappa shape index (κ1) is 68.1. The van der Waals surface area contributed by atoms with E-state index in [0.29, 0.717) is 25.7 Å². The summed E-state index contributed by atoms with van der Waals surface area (Å²) >= 11 is 0. The van der Waals surface area contributed by atoms with Crippen LogP contribution in [0.15, 0.2) is 122 Å². The smallest absolute Gasteiger partial charge is 0.335 e. The maximum absolute atomic E-state index is 13.1. The quantitative estimate of drug-likeness (QED) is 0.0228. The number of esters is 3. The molecule has 0 aromatic heterocycles. The molecular weight excluding hydrogens is 949 g/mol. The van der Waals surface area contributed by atoms with Gasteiger partial charge in [0, 0.05) is 12.8 Å². The van der Waals surface area contributed by atoms with Gasteiger partial charge in [-0.25, -0.2) is 4.79 Å². The standard InChI is InChI=1S/C63H98O12/c1-4-7-10-13-16-19-22-25-27-28-30-32-34-37-40-43-46-49-55(64)71-52-54(73-56(65)50-47-44-41-38-36-33-29-26-23-20-17-14-11-8-5-2)53-72-63-61(59(68)58(67)60(75-63)62(69)70)74-57(66)51-48-45-42-39-35-31-24-21-18-15-12-9-6-3/h7-8,10-11,16-17,19-20,25-27,29-30,32,36-38,40,44,47,54,58-61,63,67-68H,4-6,9,12-15,18,21-24,28,31,33-35,39,41-43,45-46,48-53H2,1-3H3,(H,69,70)/b10-7-,11-8-,19-16-,20-17-,27-25-,29-26-,32-30-,38-36-,40-37-,47-44-. The van der Waals surface area contributed by atoms with Crippen LogP contribution in [-0.4, -0.2) is 89.2 Å². The molecule has 1 aliphatic heterocycles. The fourth-order valence-corrected chi connectivity index (χ4v) is 7.77. The fraction of sp³-hybridized carbons (Fsp3) is 0.619. The predicted molar refractivity (Wildman–Crippen MR) is 303 cm³/mol. The first-order valence-electron chi connectivity index (χ1n) is 28.5. The molecule has 3 N–H and O–H groups in total. The molecule has 1 fully saturated rings. The Balaban J connectivity index is 2.81. The molecule has 1 heterocycles. The van der Waals surface area contributed by atoms with Gasteiger partial charge in [0.1, 0.15) is 18.8 Å². The first-order valence-corrected chi connectivity index (χ1v) is 28.5. The lowest BCUT2D eigenvalue weighted by Gasteiger charge is -2.40. The summed E-state index contributed by atoms with van der Waals surface area (Å²) in [7, 11) is 0. The van der Waals surface area contributed by atoms with Gasteiger partial charge in [0.2, 0.25) is 0 Å². The summed E-state index contributed by atoms with van der Waals surface area (Å²) in [5.41, 5.74) is 0. The number of ether oxygens (including phenoxy) is 5. The number of unbranched alkanes of at least 4 members (excludes halogenated alkanes) is 13. The van der Waals surface area contributed by atoms with Crippen LogP contribution in [0.1, 0.15) is 201 Å². The molecule has 0 spiro atoms. The SMILES string of the molecule is CC/C=C\C/C=C\C/C=C\C/C=C\C/C=C\CCCC(=O)OCC(COC1OC(C(=O)O)C(O)C(O)C1OC(=O)CCCCCCCCCCCCCCC)OC(=O)C/C=C\C/C=C\C/C=C\C/C=C\C/C=C\CC. The number of carbonyl (C=O) groups is 4. The van der Waals surface area contributed by atoms with Gasteiger partial charge in [-0.05, 0) is 83.5 Å². The van der Waals surface area contributed by atoms with Crippen molar-refractivity contribution in [3.63, 3.8) is 0 Å². The van der Waals surface area contributed by atoms with Crippen molar-refractivity contribution in [2.24, 2.45) is 0 Å². The third-order valence-electron chi connectivity index (χ3n) is 12.1. The van der Waals surface area contributed by atoms with Crippen LogP contribution in [0.25, 0.3) is 0 Å². The van der Waals surface area contributed by atoms with Crippen LogP contribution in [-0.2, 0) is 42.9 Å². The van der Waals surface area contributed by atoms with E-state index in [1.165, 1.54) is 51.4 Å². The van der Waals surface area contributed by atoms with Crippen molar-refractivity contribution in [1.82, 2.24) is 0 Å². The van der Waals surface area contributed by atoms with E-state index in [1.807, 2.05) is 30.4 Å². The summed E-state index contributed by atoms with van der Waals surface area (Å²) in [5, 5.41) is 31.4. The van der Waals surface area contributed by atoms with Gasteiger partial charge >= 0.3 is 23.9 Å². The maximum Gasteiger partial charge on any atom is 0.335 e. The Labute approximate surface area is 452 Å². The molecule has 6 unspecified atom stereocenters. The van der Waals surface area contributed by atoms with Crippen molar-refractivity contribution in [3.8, 4) is 0 Å². The van der Waals surface area contributed by atoms with E-state index in [-0.39, 0.29) is 25.9 Å². The molecule has 0 amide bonds. The zero-order valence-electron chi connectivity index (χ0n) is 46.2. The Kier molecular flexibility index (Phi) is 45.4. The highest BCUT2D eigenvalue weighted by atomic mass is 16.7. The number of carbonyl (C=O) groups excluding carboxylic acids is 3. The average molecular weight is 1050 g/mol. The van der Waals surface area contributed by atoms with Crippen LogP contribution < -0.4 is 0 Å². The van der Waals surface area contributed by atoms with E-state index in [4.69, 9.17) is 23.7 Å². The molecule has 0 saturated carbocycles. The Morgan fingerprint density at radius 3 is 1.33 bits per heavy atom. The van der Waals surface area contributed by atoms with Crippen LogP contribution in [0.5, 0.6) is 0 Å². The number of carboxylic acids is 1. The van der Waals surface area contributed by atoms with E-state index in [2.05, 4.69) is 106 Å². The number of hydrogen-bond donors (Lipinski definition) is 3. The largest absolute Gasteiger partial charge is 0.479 e. The van der Waals surface area contributed by atoms with Crippen molar-refractivity contribution in [1.29, 1.82) is 0 Å². The van der Waals surface area contributed by atoms with Crippen LogP contribution in [0.4, 0.5) is 0 Å². The van der Waals surface area contributed by atoms with Crippen LogP contribution in [0.2, 0.25) is 0 Å². The molecule has 6 atom stereocenters. The highest BCUT2D eigenvalue weighted by Crippen LogP contribution is 2.26. The number of rotatable bonds is 46. The monoisotopic (exact) mass is 1050 g/mol. The topological polar surface area (TPSA) is 175 Å². The Morgan fingerprint density at radius 2 is 0.880 bits per heavy atom. The van der Waals surface area contributed by atoms with E-state index in [9.17, 15) is 34.5 Å². The lowest BCUT2D eigenvalue weighted by molar-refractivity contribution is -0.301. The molecule has 0 aromatic carbocycles. The average Bonchev–Trinajstić information content (AvgIpc) is 3.39. The summed E-state index contributed by atoms with van der Waals surface area (Å²) in [5.74, 6) is -3.38. The molecule has 1 rings (SSSR count). The van der Waals surface area contributed by atoms with E-state index >= 15 is 0 Å². The van der Waals surface area contributed by atoms with Gasteiger partial charge in [0.05, 0.1) is 13.0 Å². The van der Waals surface area contributed by atoms with Gasteiger partial charge in [-0.3, -0.25) is 14.4 Å². The molecule has 0 bridgehead atoms. The lowest BCUT2D eigenvalue weighted by atomic mass is 9.98. The third kappa shape index (κ3) is 40.1. The minimum absolute atomic E-state index is 0.0409. The number of allylic oxidation sites excluding steroid dienone is 19. The molecule has 0 radical (unpaired) electrons. The van der Waals surface area contributed by atoms with E-state index in [0.717, 1.165) is 83.5 Å². The molecule has 0 aromatic rings. The Morgan fingerprint density at radius 1 is 0.467 bits per heavy atom. The number of aliphatic hydroxyl groups excluding tert-OH is 2. The van der Waals surface area contributed by atoms with Crippen LogP contribution >= 0.6 is 0 Å². The molecular formula is C63H98O12. The first-order chi connectivity index (χ1) is 36.6. The minimum atomic E-state index is -1.93. The van der Waals surface area contributed by atoms with Crippen molar-refractivity contribution in [2.45, 2.75) is 237 Å². The second-order valence-electron chi connectivity index (χ2n) is 18.8. The molecule has 1 saturated heterocycles. The summed E-state index contributed by atoms with van der Waals surface area (Å²) in [6, 6.07) is 0. The molecule has 75 heavy (non-hydrogen) atoms. The maximum atomic E-state index is 13.1. The minimum Gasteiger partial charge on any atom is -0.479 e. The van der Waals surface area contributed by atoms with Gasteiger partial charge in [-0.2, -0.15) is 0 Å². The highest BCUT2D eigenvalue weighted by molar-refractivity contribution is 5.74. The number of carboxylic acid groups (broad SMARTS) is 1. The molecule has 1 aliphatic rings. The normalized spacial score (nSPS) is 19.1. The molecule has 12 heteroatoms. The molecule has 422 valence electrons. The van der Waals surface area contributed by atoms with E-state index < -0.39 is 67.3 Å². The van der Waals surface area contributed by atoms with Crippen molar-refractivity contribution in [2.75, 3.05) is 13.2 Å². The number of aliphatic carboxylic acids is 1. The van der Waals surface area contributed by atoms with E-state index in [1.54, 1.807) is 6.08 Å². The van der Waals surface area contributed by atoms with Gasteiger partial charge in [0.15, 0.2) is 24.6 Å². The van der Waals surface area contributed by atoms with Crippen molar-refractivity contribution < 1.29 is 58.2 Å². The summed E-state index contributed by atoms with van der Waals surface area (Å²) in [6.45, 7) is 5.61. The molecule has 0 aliphatic carbocycles. The number of hydrogen-bond acceptors (Lipinski definition) is 11. The lowest BCUT2D eigenvalue weighted by Crippen LogP contribution is -2.61. The second kappa shape index (κ2) is 50.0.